The quantitative estimate of drug-likeness (QED) is 0.363. The van der Waals surface area contributed by atoms with Gasteiger partial charge in [0.25, 0.3) is 5.91 Å². The topological polar surface area (TPSA) is 138 Å². The van der Waals surface area contributed by atoms with E-state index in [0.717, 1.165) is 22.2 Å². The number of hydrogen-bond donors (Lipinski definition) is 2. The molecule has 1 aliphatic heterocycles. The number of para-hydroxylation sites is 1. The van der Waals surface area contributed by atoms with E-state index in [1.54, 1.807) is 24.3 Å². The van der Waals surface area contributed by atoms with Crippen LogP contribution in [0.1, 0.15) is 38.4 Å². The second-order valence-corrected chi connectivity index (χ2v) is 11.2. The molecular formula is C30H31F3N4O7. The molecule has 2 N–H and O–H groups in total. The second kappa shape index (κ2) is 12.4. The fourth-order valence-electron chi connectivity index (χ4n) is 5.17. The molecule has 0 radical (unpaired) electrons. The number of amides is 3. The van der Waals surface area contributed by atoms with Gasteiger partial charge in [-0.05, 0) is 70.5 Å². The van der Waals surface area contributed by atoms with Crippen molar-refractivity contribution in [1.29, 1.82) is 0 Å². The van der Waals surface area contributed by atoms with E-state index >= 15 is 0 Å². The lowest BCUT2D eigenvalue weighted by atomic mass is 9.92. The molecule has 0 saturated carbocycles. The standard InChI is InChI=1S/C30H31F3N4O7/c1-17-15-18(21-7-5-6-8-23(21)34-17)16-43-20-11-9-19(10-12-20)36-14-13-22(26(36)39)24(37(28(41)42)29(2,3)4)25(38)35-44-27(40)30(31,32)33/h5-12,15,22,24H,13-14,16H2,1-4H3,(H,35,38)(H,41,42)/t22-,24+/m1/s1. The summed E-state index contributed by atoms with van der Waals surface area (Å²) in [5.74, 6) is -5.48. The highest BCUT2D eigenvalue weighted by Crippen LogP contribution is 2.33. The molecule has 0 aliphatic carbocycles. The zero-order valence-corrected chi connectivity index (χ0v) is 24.3. The molecule has 1 aliphatic rings. The van der Waals surface area contributed by atoms with E-state index in [0.29, 0.717) is 16.3 Å². The van der Waals surface area contributed by atoms with Gasteiger partial charge in [0, 0.05) is 34.4 Å². The van der Waals surface area contributed by atoms with Crippen LogP contribution < -0.4 is 15.1 Å². The molecule has 2 aromatic carbocycles. The number of pyridine rings is 1. The third kappa shape index (κ3) is 7.01. The number of carbonyl (C=O) groups excluding carboxylic acids is 3. The lowest BCUT2D eigenvalue weighted by molar-refractivity contribution is -0.208. The molecule has 0 unspecified atom stereocenters. The summed E-state index contributed by atoms with van der Waals surface area (Å²) in [6, 6.07) is 14.4. The Morgan fingerprint density at radius 1 is 1.11 bits per heavy atom. The van der Waals surface area contributed by atoms with Gasteiger partial charge in [0.15, 0.2) is 0 Å². The average Bonchev–Trinajstić information content (AvgIpc) is 3.32. The van der Waals surface area contributed by atoms with Crippen LogP contribution in [0.15, 0.2) is 54.6 Å². The summed E-state index contributed by atoms with van der Waals surface area (Å²) >= 11 is 0. The number of nitrogens with zero attached hydrogens (tertiary/aromatic N) is 3. The molecule has 11 nitrogen and oxygen atoms in total. The molecule has 3 aromatic rings. The third-order valence-electron chi connectivity index (χ3n) is 7.05. The first-order valence-electron chi connectivity index (χ1n) is 13.6. The lowest BCUT2D eigenvalue weighted by Gasteiger charge is -2.40. The first-order valence-corrected chi connectivity index (χ1v) is 13.6. The van der Waals surface area contributed by atoms with Crippen molar-refractivity contribution in [2.45, 2.75) is 58.5 Å². The molecule has 234 valence electrons. The van der Waals surface area contributed by atoms with Crippen LogP contribution in [0.5, 0.6) is 5.75 Å². The first kappa shape index (κ1) is 32.0. The Morgan fingerprint density at radius 2 is 1.77 bits per heavy atom. The SMILES string of the molecule is Cc1cc(COc2ccc(N3CC[C@H]([C@@H](C(=O)NOC(=O)C(F)(F)F)N(C(=O)O)C(C)(C)C)C3=O)cc2)c2ccccc2n1. The molecule has 2 heterocycles. The Hall–Kier alpha value is -4.88. The van der Waals surface area contributed by atoms with Crippen molar-refractivity contribution in [3.05, 3.63) is 65.9 Å². The van der Waals surface area contributed by atoms with Crippen LogP contribution in [0.3, 0.4) is 0 Å². The zero-order chi connectivity index (χ0) is 32.4. The van der Waals surface area contributed by atoms with Crippen molar-refractivity contribution >= 4 is 40.5 Å². The van der Waals surface area contributed by atoms with Crippen molar-refractivity contribution in [1.82, 2.24) is 15.4 Å². The number of anilines is 1. The number of aryl methyl sites for hydroxylation is 1. The van der Waals surface area contributed by atoms with E-state index < -0.39 is 47.6 Å². The van der Waals surface area contributed by atoms with Gasteiger partial charge in [-0.1, -0.05) is 18.2 Å². The summed E-state index contributed by atoms with van der Waals surface area (Å²) in [5, 5.41) is 10.9. The van der Waals surface area contributed by atoms with Crippen LogP contribution in [0.25, 0.3) is 10.9 Å². The fraction of sp³-hybridized carbons (Fsp3) is 0.367. The number of benzene rings is 2. The van der Waals surface area contributed by atoms with E-state index in [2.05, 4.69) is 9.82 Å². The highest BCUT2D eigenvalue weighted by molar-refractivity contribution is 6.02. The molecule has 1 aromatic heterocycles. The van der Waals surface area contributed by atoms with E-state index in [4.69, 9.17) is 4.74 Å². The van der Waals surface area contributed by atoms with Gasteiger partial charge in [-0.25, -0.2) is 9.59 Å². The maximum atomic E-state index is 13.6. The molecule has 1 saturated heterocycles. The largest absolute Gasteiger partial charge is 0.493 e. The number of carbonyl (C=O) groups is 4. The molecule has 44 heavy (non-hydrogen) atoms. The summed E-state index contributed by atoms with van der Waals surface area (Å²) in [5.41, 5.74) is 3.22. The average molecular weight is 617 g/mol. The van der Waals surface area contributed by atoms with Crippen LogP contribution in [-0.4, -0.2) is 63.2 Å². The van der Waals surface area contributed by atoms with Crippen LogP contribution in [0.2, 0.25) is 0 Å². The van der Waals surface area contributed by atoms with Gasteiger partial charge in [-0.3, -0.25) is 19.5 Å². The molecule has 3 amide bonds. The predicted octanol–water partition coefficient (Wildman–Crippen LogP) is 4.76. The second-order valence-electron chi connectivity index (χ2n) is 11.2. The monoisotopic (exact) mass is 616 g/mol. The van der Waals surface area contributed by atoms with E-state index in [1.165, 1.54) is 31.2 Å². The van der Waals surface area contributed by atoms with Crippen molar-refractivity contribution in [2.24, 2.45) is 5.92 Å². The Labute approximate surface area is 250 Å². The van der Waals surface area contributed by atoms with Crippen LogP contribution >= 0.6 is 0 Å². The number of nitrogens with one attached hydrogen (secondary N) is 1. The molecule has 0 bridgehead atoms. The van der Waals surface area contributed by atoms with E-state index in [9.17, 15) is 37.5 Å². The third-order valence-corrected chi connectivity index (χ3v) is 7.05. The summed E-state index contributed by atoms with van der Waals surface area (Å²) in [6.45, 7) is 6.61. The van der Waals surface area contributed by atoms with Crippen LogP contribution in [-0.2, 0) is 25.8 Å². The Balaban J connectivity index is 1.51. The van der Waals surface area contributed by atoms with Gasteiger partial charge < -0.3 is 19.6 Å². The van der Waals surface area contributed by atoms with Gasteiger partial charge in [-0.2, -0.15) is 18.7 Å². The number of alkyl halides is 3. The summed E-state index contributed by atoms with van der Waals surface area (Å²) in [7, 11) is 0. The summed E-state index contributed by atoms with van der Waals surface area (Å²) in [4.78, 5) is 60.4. The number of ether oxygens (including phenoxy) is 1. The van der Waals surface area contributed by atoms with Gasteiger partial charge >= 0.3 is 18.2 Å². The van der Waals surface area contributed by atoms with Gasteiger partial charge in [-0.15, -0.1) is 0 Å². The number of rotatable bonds is 7. The minimum atomic E-state index is -5.40. The highest BCUT2D eigenvalue weighted by atomic mass is 19.4. The van der Waals surface area contributed by atoms with Crippen LogP contribution in [0, 0.1) is 12.8 Å². The minimum absolute atomic E-state index is 0.00326. The minimum Gasteiger partial charge on any atom is -0.489 e. The van der Waals surface area contributed by atoms with Crippen molar-refractivity contribution < 1.29 is 47.0 Å². The summed E-state index contributed by atoms with van der Waals surface area (Å²) in [6.07, 6.45) is -7.00. The zero-order valence-electron chi connectivity index (χ0n) is 24.3. The molecule has 14 heteroatoms. The normalized spacial score (nSPS) is 16.0. The van der Waals surface area contributed by atoms with Crippen LogP contribution in [0.4, 0.5) is 23.7 Å². The number of fused-ring (bicyclic) bond motifs is 1. The van der Waals surface area contributed by atoms with Gasteiger partial charge in [0.1, 0.15) is 18.4 Å². The Kier molecular flexibility index (Phi) is 9.02. The van der Waals surface area contributed by atoms with Gasteiger partial charge in [0.2, 0.25) is 5.91 Å². The van der Waals surface area contributed by atoms with E-state index in [1.807, 2.05) is 37.3 Å². The molecular weight excluding hydrogens is 585 g/mol. The molecule has 4 rings (SSSR count). The van der Waals surface area contributed by atoms with Crippen molar-refractivity contribution in [3.63, 3.8) is 0 Å². The maximum absolute atomic E-state index is 13.6. The van der Waals surface area contributed by atoms with Gasteiger partial charge in [0.05, 0.1) is 11.4 Å². The fourth-order valence-corrected chi connectivity index (χ4v) is 5.17. The number of hydrogen-bond acceptors (Lipinski definition) is 7. The Morgan fingerprint density at radius 3 is 2.39 bits per heavy atom. The number of hydroxylamine groups is 1. The maximum Gasteiger partial charge on any atom is 0.493 e. The smallest absolute Gasteiger partial charge is 0.489 e. The van der Waals surface area contributed by atoms with E-state index in [-0.39, 0.29) is 19.6 Å². The molecule has 0 spiro atoms. The predicted molar refractivity (Wildman–Crippen MR) is 151 cm³/mol. The van der Waals surface area contributed by atoms with Crippen molar-refractivity contribution in [3.8, 4) is 5.75 Å². The number of aromatic nitrogens is 1. The Bertz CT molecular complexity index is 1570. The van der Waals surface area contributed by atoms with Crippen molar-refractivity contribution in [2.75, 3.05) is 11.4 Å². The number of halogens is 3. The first-order chi connectivity index (χ1) is 20.6. The number of carboxylic acid groups (broad SMARTS) is 1. The molecule has 2 atom stereocenters. The summed E-state index contributed by atoms with van der Waals surface area (Å²) < 4.78 is 43.8. The lowest BCUT2D eigenvalue weighted by Crippen LogP contribution is -2.61. The highest BCUT2D eigenvalue weighted by Gasteiger charge is 2.50. The molecule has 1 fully saturated rings.